The smallest absolute Gasteiger partial charge is 0.236 e. The molecule has 0 aliphatic carbocycles. The number of rotatable bonds is 4. The summed E-state index contributed by atoms with van der Waals surface area (Å²) in [4.78, 5) is 20.0. The summed E-state index contributed by atoms with van der Waals surface area (Å²) in [7, 11) is 0. The third-order valence-corrected chi connectivity index (χ3v) is 5.86. The molecule has 0 saturated carbocycles. The Kier molecular flexibility index (Phi) is 4.85. The molecule has 0 aliphatic heterocycles. The molecule has 7 heteroatoms. The Morgan fingerprint density at radius 3 is 2.26 bits per heavy atom. The number of aromatic nitrogens is 2. The second-order valence-corrected chi connectivity index (χ2v) is 8.21. The molecule has 4 N–H and O–H groups in total. The molecule has 0 bridgehead atoms. The van der Waals surface area contributed by atoms with Crippen molar-refractivity contribution in [1.82, 2.24) is 9.97 Å². The molecule has 5 rings (SSSR count). The summed E-state index contributed by atoms with van der Waals surface area (Å²) >= 11 is 12.1. The summed E-state index contributed by atoms with van der Waals surface area (Å²) in [6, 6.07) is 17.6. The number of aromatic amines is 2. The van der Waals surface area contributed by atoms with Crippen molar-refractivity contribution in [2.45, 2.75) is 5.92 Å². The van der Waals surface area contributed by atoms with E-state index in [2.05, 4.69) is 15.3 Å². The van der Waals surface area contributed by atoms with Crippen molar-refractivity contribution in [1.29, 1.82) is 0 Å². The first-order chi connectivity index (χ1) is 15.0. The maximum absolute atomic E-state index is 13.6. The number of hydrogen-bond acceptors (Lipinski definition) is 2. The molecule has 0 saturated heterocycles. The fourth-order valence-electron chi connectivity index (χ4n) is 3.93. The van der Waals surface area contributed by atoms with Crippen LogP contribution in [0.3, 0.4) is 0 Å². The van der Waals surface area contributed by atoms with Gasteiger partial charge in [-0.3, -0.25) is 4.79 Å². The Balaban J connectivity index is 1.66. The van der Waals surface area contributed by atoms with Crippen molar-refractivity contribution < 1.29 is 9.90 Å². The Labute approximate surface area is 187 Å². The van der Waals surface area contributed by atoms with Gasteiger partial charge in [0.1, 0.15) is 5.75 Å². The van der Waals surface area contributed by atoms with E-state index in [0.29, 0.717) is 15.7 Å². The average molecular weight is 450 g/mol. The van der Waals surface area contributed by atoms with Gasteiger partial charge in [-0.1, -0.05) is 29.3 Å². The van der Waals surface area contributed by atoms with E-state index in [4.69, 9.17) is 23.2 Å². The van der Waals surface area contributed by atoms with E-state index >= 15 is 0 Å². The molecule has 1 atom stereocenters. The highest BCUT2D eigenvalue weighted by molar-refractivity contribution is 6.31. The van der Waals surface area contributed by atoms with Gasteiger partial charge in [-0.15, -0.1) is 0 Å². The van der Waals surface area contributed by atoms with Crippen LogP contribution in [0.1, 0.15) is 17.0 Å². The Morgan fingerprint density at radius 2 is 1.48 bits per heavy atom. The quantitative estimate of drug-likeness (QED) is 0.255. The molecule has 0 aliphatic rings. The van der Waals surface area contributed by atoms with Crippen LogP contribution in [0.15, 0.2) is 73.1 Å². The molecular formula is C24H17Cl2N3O2. The van der Waals surface area contributed by atoms with Crippen molar-refractivity contribution in [3.63, 3.8) is 0 Å². The van der Waals surface area contributed by atoms with E-state index < -0.39 is 5.92 Å². The highest BCUT2D eigenvalue weighted by atomic mass is 35.5. The first-order valence-corrected chi connectivity index (χ1v) is 10.4. The lowest BCUT2D eigenvalue weighted by atomic mass is 9.89. The standard InChI is InChI=1S/C24H17Cl2N3O2/c25-13-1-4-15(5-2-13)29-24(31)23(19-11-28-22-9-14(26)3-7-17(19)22)20-12-27-21-8-6-16(30)10-18(20)21/h1-12,23,27-28,30H,(H,29,31). The molecule has 3 aromatic carbocycles. The van der Waals surface area contributed by atoms with E-state index in [-0.39, 0.29) is 11.7 Å². The minimum Gasteiger partial charge on any atom is -0.508 e. The average Bonchev–Trinajstić information content (AvgIpc) is 3.34. The van der Waals surface area contributed by atoms with E-state index in [9.17, 15) is 9.90 Å². The summed E-state index contributed by atoms with van der Waals surface area (Å²) in [6.07, 6.45) is 3.64. The zero-order valence-corrected chi connectivity index (χ0v) is 17.6. The highest BCUT2D eigenvalue weighted by Crippen LogP contribution is 2.37. The zero-order valence-electron chi connectivity index (χ0n) is 16.1. The largest absolute Gasteiger partial charge is 0.508 e. The molecule has 0 fully saturated rings. The number of halogens is 2. The van der Waals surface area contributed by atoms with Crippen molar-refractivity contribution in [2.24, 2.45) is 0 Å². The molecule has 0 spiro atoms. The number of H-pyrrole nitrogens is 2. The van der Waals surface area contributed by atoms with E-state index in [1.807, 2.05) is 24.5 Å². The number of fused-ring (bicyclic) bond motifs is 2. The Hall–Kier alpha value is -3.41. The lowest BCUT2D eigenvalue weighted by molar-refractivity contribution is -0.116. The zero-order chi connectivity index (χ0) is 21.5. The number of carbonyl (C=O) groups is 1. The Bertz CT molecular complexity index is 1420. The lowest BCUT2D eigenvalue weighted by Crippen LogP contribution is -2.22. The maximum atomic E-state index is 13.6. The van der Waals surface area contributed by atoms with Crippen LogP contribution in [0.4, 0.5) is 5.69 Å². The lowest BCUT2D eigenvalue weighted by Gasteiger charge is -2.17. The minimum absolute atomic E-state index is 0.135. The van der Waals surface area contributed by atoms with Gasteiger partial charge in [0.25, 0.3) is 0 Å². The Morgan fingerprint density at radius 1 is 0.806 bits per heavy atom. The SMILES string of the molecule is O=C(Nc1ccc(Cl)cc1)C(c1c[nH]c2cc(Cl)ccc12)c1c[nH]c2ccc(O)cc12. The number of nitrogens with one attached hydrogen (secondary N) is 3. The molecule has 5 nitrogen and oxygen atoms in total. The molecule has 5 aromatic rings. The summed E-state index contributed by atoms with van der Waals surface area (Å²) in [6.45, 7) is 0. The molecule has 1 unspecified atom stereocenters. The topological polar surface area (TPSA) is 80.9 Å². The predicted octanol–water partition coefficient (Wildman–Crippen LogP) is 6.43. The molecule has 0 radical (unpaired) electrons. The van der Waals surface area contributed by atoms with E-state index in [1.165, 1.54) is 0 Å². The third-order valence-electron chi connectivity index (χ3n) is 5.37. The second-order valence-electron chi connectivity index (χ2n) is 7.34. The van der Waals surface area contributed by atoms with E-state index in [0.717, 1.165) is 32.9 Å². The number of carbonyl (C=O) groups excluding carboxylic acids is 1. The number of phenolic OH excluding ortho intramolecular Hbond substituents is 1. The van der Waals surface area contributed by atoms with Gasteiger partial charge < -0.3 is 20.4 Å². The van der Waals surface area contributed by atoms with E-state index in [1.54, 1.807) is 48.5 Å². The third kappa shape index (κ3) is 3.63. The van der Waals surface area contributed by atoms with Gasteiger partial charge in [0.05, 0.1) is 5.92 Å². The van der Waals surface area contributed by atoms with Crippen LogP contribution in [-0.4, -0.2) is 21.0 Å². The number of amides is 1. The monoisotopic (exact) mass is 449 g/mol. The number of benzene rings is 3. The summed E-state index contributed by atoms with van der Waals surface area (Å²) in [5.41, 5.74) is 3.88. The molecule has 2 aromatic heterocycles. The fraction of sp³-hybridized carbons (Fsp3) is 0.0417. The van der Waals surface area contributed by atoms with Crippen LogP contribution in [-0.2, 0) is 4.79 Å². The van der Waals surface area contributed by atoms with Crippen molar-refractivity contribution in [3.8, 4) is 5.75 Å². The van der Waals surface area contributed by atoms with Crippen molar-refractivity contribution in [2.75, 3.05) is 5.32 Å². The summed E-state index contributed by atoms with van der Waals surface area (Å²) < 4.78 is 0. The number of anilines is 1. The molecular weight excluding hydrogens is 433 g/mol. The number of hydrogen-bond donors (Lipinski definition) is 4. The van der Waals surface area contributed by atoms with Gasteiger partial charge in [-0.25, -0.2) is 0 Å². The van der Waals surface area contributed by atoms with Crippen LogP contribution in [0.2, 0.25) is 10.0 Å². The van der Waals surface area contributed by atoms with Crippen LogP contribution in [0, 0.1) is 0 Å². The van der Waals surface area contributed by atoms with Gasteiger partial charge in [0.2, 0.25) is 5.91 Å². The minimum atomic E-state index is -0.638. The molecule has 154 valence electrons. The number of aromatic hydroxyl groups is 1. The first-order valence-electron chi connectivity index (χ1n) is 9.62. The van der Waals surface area contributed by atoms with Crippen LogP contribution in [0.25, 0.3) is 21.8 Å². The number of phenols is 1. The summed E-state index contributed by atoms with van der Waals surface area (Å²) in [5, 5.41) is 15.9. The van der Waals surface area contributed by atoms with Gasteiger partial charge >= 0.3 is 0 Å². The fourth-order valence-corrected chi connectivity index (χ4v) is 4.22. The second kappa shape index (κ2) is 7.69. The van der Waals surface area contributed by atoms with Crippen LogP contribution >= 0.6 is 23.2 Å². The van der Waals surface area contributed by atoms with Crippen LogP contribution < -0.4 is 5.32 Å². The maximum Gasteiger partial charge on any atom is 0.236 e. The molecule has 1 amide bonds. The highest BCUT2D eigenvalue weighted by Gasteiger charge is 2.28. The van der Waals surface area contributed by atoms with Crippen molar-refractivity contribution >= 4 is 56.6 Å². The van der Waals surface area contributed by atoms with Crippen molar-refractivity contribution in [3.05, 3.63) is 94.2 Å². The van der Waals surface area contributed by atoms with Gasteiger partial charge in [0, 0.05) is 49.9 Å². The van der Waals surface area contributed by atoms with Gasteiger partial charge in [-0.2, -0.15) is 0 Å². The normalized spacial score (nSPS) is 12.3. The molecule has 31 heavy (non-hydrogen) atoms. The van der Waals surface area contributed by atoms with Crippen LogP contribution in [0.5, 0.6) is 5.75 Å². The van der Waals surface area contributed by atoms with Gasteiger partial charge in [-0.05, 0) is 65.7 Å². The molecule has 2 heterocycles. The first kappa shape index (κ1) is 19.5. The van der Waals surface area contributed by atoms with Gasteiger partial charge in [0.15, 0.2) is 0 Å². The summed E-state index contributed by atoms with van der Waals surface area (Å²) in [5.74, 6) is -0.709. The predicted molar refractivity (Wildman–Crippen MR) is 125 cm³/mol.